The Morgan fingerprint density at radius 2 is 1.66 bits per heavy atom. The number of aliphatic carboxylic acids is 1. The van der Waals surface area contributed by atoms with Crippen LogP contribution in [0.4, 0.5) is 10.6 Å². The average Bonchev–Trinajstić information content (AvgIpc) is 3.51. The summed E-state index contributed by atoms with van der Waals surface area (Å²) < 4.78 is 11.9. The highest BCUT2D eigenvalue weighted by Gasteiger charge is 2.51. The van der Waals surface area contributed by atoms with E-state index in [1.54, 1.807) is 17.9 Å². The van der Waals surface area contributed by atoms with E-state index in [9.17, 15) is 14.7 Å². The van der Waals surface area contributed by atoms with Gasteiger partial charge in [-0.3, -0.25) is 14.8 Å². The lowest BCUT2D eigenvalue weighted by molar-refractivity contribution is -0.140. The first-order valence-electron chi connectivity index (χ1n) is 10.5. The topological polar surface area (TPSA) is 103 Å². The van der Waals surface area contributed by atoms with Gasteiger partial charge in [0.25, 0.3) is 0 Å². The molecule has 2 heterocycles. The fraction of sp³-hybridized carbons (Fsp3) is 0.292. The Morgan fingerprint density at radius 3 is 2.19 bits per heavy atom. The van der Waals surface area contributed by atoms with Crippen molar-refractivity contribution < 1.29 is 24.2 Å². The monoisotopic (exact) mass is 433 g/mol. The van der Waals surface area contributed by atoms with Crippen LogP contribution in [0.1, 0.15) is 18.4 Å². The van der Waals surface area contributed by atoms with E-state index in [4.69, 9.17) is 9.47 Å². The van der Waals surface area contributed by atoms with Crippen molar-refractivity contribution in [2.75, 3.05) is 18.5 Å². The molecule has 0 radical (unpaired) electrons. The normalized spacial score (nSPS) is 16.8. The van der Waals surface area contributed by atoms with Crippen LogP contribution in [0, 0.1) is 0 Å². The Bertz CT molecular complexity index is 1160. The number of ether oxygens (including phenoxy) is 2. The smallest absolute Gasteiger partial charge is 0.413 e. The minimum atomic E-state index is -0.750. The predicted octanol–water partition coefficient (Wildman–Crippen LogP) is 3.82. The number of benzene rings is 2. The molecule has 1 saturated carbocycles. The van der Waals surface area contributed by atoms with Gasteiger partial charge in [0.2, 0.25) is 0 Å². The van der Waals surface area contributed by atoms with E-state index in [0.717, 1.165) is 27.8 Å². The average molecular weight is 433 g/mol. The molecule has 0 bridgehead atoms. The molecule has 2 fully saturated rings. The zero-order chi connectivity index (χ0) is 22.3. The first kappa shape index (κ1) is 20.3. The van der Waals surface area contributed by atoms with Gasteiger partial charge in [0.05, 0.1) is 24.8 Å². The lowest BCUT2D eigenvalue weighted by atomic mass is 9.93. The molecule has 8 nitrogen and oxygen atoms in total. The lowest BCUT2D eigenvalue weighted by Crippen LogP contribution is -2.39. The number of hydrogen-bond acceptors (Lipinski definition) is 5. The molecule has 0 unspecified atom stereocenters. The van der Waals surface area contributed by atoms with E-state index < -0.39 is 17.5 Å². The molecule has 1 saturated heterocycles. The fourth-order valence-corrected chi connectivity index (χ4v) is 3.93. The summed E-state index contributed by atoms with van der Waals surface area (Å²) in [5.41, 5.74) is 3.88. The molecule has 5 rings (SSSR count). The first-order chi connectivity index (χ1) is 15.5. The maximum atomic E-state index is 12.2. The molecule has 8 heteroatoms. The first-order valence-corrected chi connectivity index (χ1v) is 10.5. The molecule has 0 spiro atoms. The van der Waals surface area contributed by atoms with Gasteiger partial charge in [0.1, 0.15) is 5.82 Å². The molecule has 1 amide bonds. The Balaban J connectivity index is 1.33. The molecule has 1 aliphatic carbocycles. The van der Waals surface area contributed by atoms with Crippen molar-refractivity contribution in [2.45, 2.75) is 24.4 Å². The Morgan fingerprint density at radius 1 is 1.06 bits per heavy atom. The quantitative estimate of drug-likeness (QED) is 0.613. The van der Waals surface area contributed by atoms with Crippen molar-refractivity contribution in [3.05, 3.63) is 60.3 Å². The molecule has 1 aromatic heterocycles. The van der Waals surface area contributed by atoms with Crippen LogP contribution < -0.4 is 5.32 Å². The molecule has 2 N–H and O–H groups in total. The highest BCUT2D eigenvalue weighted by Crippen LogP contribution is 2.48. The summed E-state index contributed by atoms with van der Waals surface area (Å²) in [4.78, 5) is 23.7. The van der Waals surface area contributed by atoms with Crippen molar-refractivity contribution in [1.29, 1.82) is 0 Å². The van der Waals surface area contributed by atoms with Gasteiger partial charge in [-0.2, -0.15) is 5.10 Å². The third-order valence-corrected chi connectivity index (χ3v) is 6.17. The lowest BCUT2D eigenvalue weighted by Gasteiger charge is -2.25. The van der Waals surface area contributed by atoms with Crippen molar-refractivity contribution in [3.8, 4) is 22.3 Å². The van der Waals surface area contributed by atoms with E-state index in [2.05, 4.69) is 10.4 Å². The Hall–Kier alpha value is -3.65. The number of carboxylic acid groups (broad SMARTS) is 1. The number of hydrogen-bond donors (Lipinski definition) is 2. The number of anilines is 1. The summed E-state index contributed by atoms with van der Waals surface area (Å²) >= 11 is 0. The second-order valence-electron chi connectivity index (χ2n) is 8.26. The molecular formula is C24H23N3O5. The van der Waals surface area contributed by atoms with E-state index in [1.165, 1.54) is 0 Å². The van der Waals surface area contributed by atoms with E-state index in [0.29, 0.717) is 31.9 Å². The molecule has 0 atom stereocenters. The van der Waals surface area contributed by atoms with Gasteiger partial charge in [-0.05, 0) is 35.1 Å². The number of aromatic nitrogens is 2. The van der Waals surface area contributed by atoms with Gasteiger partial charge < -0.3 is 14.6 Å². The van der Waals surface area contributed by atoms with Crippen LogP contribution in [-0.2, 0) is 26.7 Å². The maximum absolute atomic E-state index is 12.2. The number of rotatable bonds is 6. The van der Waals surface area contributed by atoms with Crippen LogP contribution >= 0.6 is 0 Å². The van der Waals surface area contributed by atoms with Gasteiger partial charge in [-0.25, -0.2) is 4.79 Å². The number of amides is 1. The Labute approximate surface area is 184 Å². The molecule has 164 valence electrons. The van der Waals surface area contributed by atoms with Gasteiger partial charge in [-0.1, -0.05) is 48.5 Å². The van der Waals surface area contributed by atoms with E-state index in [1.807, 2.05) is 48.5 Å². The van der Waals surface area contributed by atoms with Gasteiger partial charge in [0.15, 0.2) is 6.10 Å². The number of nitrogens with zero attached hydrogens (tertiary/aromatic N) is 2. The maximum Gasteiger partial charge on any atom is 0.413 e. The van der Waals surface area contributed by atoms with Gasteiger partial charge in [-0.15, -0.1) is 0 Å². The van der Waals surface area contributed by atoms with Gasteiger partial charge in [0, 0.05) is 12.6 Å². The number of nitrogens with one attached hydrogen (secondary N) is 1. The largest absolute Gasteiger partial charge is 0.481 e. The third kappa shape index (κ3) is 3.62. The highest BCUT2D eigenvalue weighted by molar-refractivity contribution is 5.90. The predicted molar refractivity (Wildman–Crippen MR) is 117 cm³/mol. The van der Waals surface area contributed by atoms with Crippen molar-refractivity contribution in [1.82, 2.24) is 9.78 Å². The zero-order valence-electron chi connectivity index (χ0n) is 17.6. The summed E-state index contributed by atoms with van der Waals surface area (Å²) in [6, 6.07) is 15.7. The second-order valence-corrected chi connectivity index (χ2v) is 8.26. The number of aryl methyl sites for hydroxylation is 1. The summed E-state index contributed by atoms with van der Waals surface area (Å²) in [7, 11) is 1.76. The third-order valence-electron chi connectivity index (χ3n) is 6.17. The molecule has 32 heavy (non-hydrogen) atoms. The second kappa shape index (κ2) is 7.80. The van der Waals surface area contributed by atoms with Crippen LogP contribution in [0.25, 0.3) is 22.3 Å². The summed E-state index contributed by atoms with van der Waals surface area (Å²) in [6.07, 6.45) is 2.35. The summed E-state index contributed by atoms with van der Waals surface area (Å²) in [5, 5.41) is 16.5. The van der Waals surface area contributed by atoms with E-state index in [-0.39, 0.29) is 6.10 Å². The van der Waals surface area contributed by atoms with Crippen LogP contribution in [0.5, 0.6) is 0 Å². The summed E-state index contributed by atoms with van der Waals surface area (Å²) in [6.45, 7) is 0.844. The Kier molecular flexibility index (Phi) is 4.94. The molecular weight excluding hydrogens is 410 g/mol. The summed E-state index contributed by atoms with van der Waals surface area (Å²) in [5.74, 6) is -0.198. The molecule has 2 aromatic carbocycles. The standard InChI is InChI=1S/C24H23N3O5/c1-27-21(26-23(30)32-19-13-31-14-19)20(12-25-27)17-4-2-15(3-5-17)16-6-8-18(9-7-16)24(10-11-24)22(28)29/h2-9,12,19H,10-11,13-14H2,1H3,(H,26,30)(H,28,29). The number of carboxylic acids is 1. The fourth-order valence-electron chi connectivity index (χ4n) is 3.93. The van der Waals surface area contributed by atoms with Crippen LogP contribution in [0.2, 0.25) is 0 Å². The van der Waals surface area contributed by atoms with Crippen LogP contribution in [0.3, 0.4) is 0 Å². The number of carbonyl (C=O) groups is 2. The van der Waals surface area contributed by atoms with Crippen LogP contribution in [-0.4, -0.2) is 46.3 Å². The SMILES string of the molecule is Cn1ncc(-c2ccc(-c3ccc(C4(C(=O)O)CC4)cc3)cc2)c1NC(=O)OC1COC1. The van der Waals surface area contributed by atoms with Crippen molar-refractivity contribution in [2.24, 2.45) is 7.05 Å². The van der Waals surface area contributed by atoms with Gasteiger partial charge >= 0.3 is 12.1 Å². The minimum Gasteiger partial charge on any atom is -0.481 e. The molecule has 2 aliphatic rings. The molecule has 1 aliphatic heterocycles. The van der Waals surface area contributed by atoms with Crippen molar-refractivity contribution in [3.63, 3.8) is 0 Å². The highest BCUT2D eigenvalue weighted by atomic mass is 16.6. The van der Waals surface area contributed by atoms with Crippen LogP contribution in [0.15, 0.2) is 54.7 Å². The van der Waals surface area contributed by atoms with E-state index >= 15 is 0 Å². The minimum absolute atomic E-state index is 0.206. The number of carbonyl (C=O) groups excluding carboxylic acids is 1. The zero-order valence-corrected chi connectivity index (χ0v) is 17.6. The van der Waals surface area contributed by atoms with Crippen molar-refractivity contribution >= 4 is 17.9 Å². The molecule has 3 aromatic rings.